The summed E-state index contributed by atoms with van der Waals surface area (Å²) in [5, 5.41) is 6.80. The summed E-state index contributed by atoms with van der Waals surface area (Å²) in [6.45, 7) is 2.20. The van der Waals surface area contributed by atoms with Gasteiger partial charge in [-0.05, 0) is 18.5 Å². The number of anilines is 1. The van der Waals surface area contributed by atoms with E-state index in [0.717, 1.165) is 24.6 Å². The molecule has 2 N–H and O–H groups in total. The second-order valence-corrected chi connectivity index (χ2v) is 5.64. The molecular formula is C13H17N5OS. The van der Waals surface area contributed by atoms with Crippen molar-refractivity contribution >= 4 is 23.1 Å². The summed E-state index contributed by atoms with van der Waals surface area (Å²) in [4.78, 5) is 23.7. The van der Waals surface area contributed by atoms with Gasteiger partial charge in [0.1, 0.15) is 5.82 Å². The number of imidazole rings is 1. The number of piperazine rings is 1. The number of likely N-dealkylation sites (N-methyl/N-ethyl adjacent to an activating group) is 1. The van der Waals surface area contributed by atoms with Crippen LogP contribution in [-0.4, -0.2) is 52.5 Å². The zero-order valence-corrected chi connectivity index (χ0v) is 12.1. The van der Waals surface area contributed by atoms with Gasteiger partial charge in [-0.2, -0.15) is 11.3 Å². The maximum Gasteiger partial charge on any atom is 0.321 e. The number of urea groups is 1. The predicted octanol–water partition coefficient (Wildman–Crippen LogP) is 1.99. The van der Waals surface area contributed by atoms with E-state index in [9.17, 15) is 4.79 Å². The molecule has 20 heavy (non-hydrogen) atoms. The van der Waals surface area contributed by atoms with Crippen molar-refractivity contribution in [1.29, 1.82) is 0 Å². The summed E-state index contributed by atoms with van der Waals surface area (Å²) in [6, 6.07) is 1.97. The van der Waals surface area contributed by atoms with Crippen molar-refractivity contribution in [2.45, 2.75) is 6.04 Å². The maximum absolute atomic E-state index is 12.3. The molecule has 1 unspecified atom stereocenters. The van der Waals surface area contributed by atoms with Crippen LogP contribution in [0.5, 0.6) is 0 Å². The first-order chi connectivity index (χ1) is 9.74. The average Bonchev–Trinajstić information content (AvgIpc) is 3.11. The van der Waals surface area contributed by atoms with Crippen LogP contribution in [0.2, 0.25) is 0 Å². The van der Waals surface area contributed by atoms with Crippen LogP contribution in [0.4, 0.5) is 10.5 Å². The molecule has 6 nitrogen and oxygen atoms in total. The summed E-state index contributed by atoms with van der Waals surface area (Å²) >= 11 is 1.57. The van der Waals surface area contributed by atoms with Crippen LogP contribution < -0.4 is 5.32 Å². The number of hydrogen-bond acceptors (Lipinski definition) is 4. The molecule has 0 saturated carbocycles. The maximum atomic E-state index is 12.3. The van der Waals surface area contributed by atoms with E-state index in [1.165, 1.54) is 0 Å². The van der Waals surface area contributed by atoms with Crippen molar-refractivity contribution in [3.8, 4) is 0 Å². The summed E-state index contributed by atoms with van der Waals surface area (Å²) in [7, 11) is 2.06. The van der Waals surface area contributed by atoms with Crippen molar-refractivity contribution in [3.05, 3.63) is 35.0 Å². The molecule has 3 heterocycles. The van der Waals surface area contributed by atoms with Crippen LogP contribution in [-0.2, 0) is 0 Å². The molecule has 2 aromatic rings. The smallest absolute Gasteiger partial charge is 0.321 e. The first-order valence-corrected chi connectivity index (χ1v) is 7.46. The SMILES string of the molecule is CN1CCN(C(=O)Nc2ccsc2)CC1c1ncc[nH]1. The first kappa shape index (κ1) is 13.1. The molecule has 1 aliphatic heterocycles. The Balaban J connectivity index is 1.67. The van der Waals surface area contributed by atoms with E-state index in [1.54, 1.807) is 17.5 Å². The van der Waals surface area contributed by atoms with Crippen LogP contribution in [0, 0.1) is 0 Å². The summed E-state index contributed by atoms with van der Waals surface area (Å²) < 4.78 is 0. The van der Waals surface area contributed by atoms with Crippen molar-refractivity contribution in [1.82, 2.24) is 19.8 Å². The van der Waals surface area contributed by atoms with Crippen LogP contribution in [0.15, 0.2) is 29.2 Å². The number of hydrogen-bond donors (Lipinski definition) is 2. The standard InChI is InChI=1S/C13H17N5OS/c1-17-5-6-18(8-11(17)12-14-3-4-15-12)13(19)16-10-2-7-20-9-10/h2-4,7,9,11H,5-6,8H2,1H3,(H,14,15)(H,16,19). The Morgan fingerprint density at radius 3 is 3.15 bits per heavy atom. The highest BCUT2D eigenvalue weighted by Gasteiger charge is 2.29. The second-order valence-electron chi connectivity index (χ2n) is 4.86. The monoisotopic (exact) mass is 291 g/mol. The van der Waals surface area contributed by atoms with E-state index >= 15 is 0 Å². The van der Waals surface area contributed by atoms with E-state index in [1.807, 2.05) is 27.9 Å². The topological polar surface area (TPSA) is 64.3 Å². The Hall–Kier alpha value is -1.86. The van der Waals surface area contributed by atoms with Gasteiger partial charge < -0.3 is 15.2 Å². The van der Waals surface area contributed by atoms with Gasteiger partial charge in [0, 0.05) is 37.4 Å². The van der Waals surface area contributed by atoms with Gasteiger partial charge in [-0.3, -0.25) is 4.90 Å². The quantitative estimate of drug-likeness (QED) is 0.889. The van der Waals surface area contributed by atoms with E-state index < -0.39 is 0 Å². The van der Waals surface area contributed by atoms with Gasteiger partial charge in [0.05, 0.1) is 11.7 Å². The number of carbonyl (C=O) groups is 1. The van der Waals surface area contributed by atoms with E-state index in [2.05, 4.69) is 27.2 Å². The molecule has 1 saturated heterocycles. The van der Waals surface area contributed by atoms with Gasteiger partial charge in [-0.1, -0.05) is 0 Å². The lowest BCUT2D eigenvalue weighted by Crippen LogP contribution is -2.50. The second kappa shape index (κ2) is 5.64. The minimum atomic E-state index is -0.0481. The van der Waals surface area contributed by atoms with Crippen LogP contribution in [0.3, 0.4) is 0 Å². The highest BCUT2D eigenvalue weighted by Crippen LogP contribution is 2.22. The zero-order valence-electron chi connectivity index (χ0n) is 11.2. The van der Waals surface area contributed by atoms with Gasteiger partial charge in [-0.15, -0.1) is 0 Å². The normalized spacial score (nSPS) is 20.1. The highest BCUT2D eigenvalue weighted by atomic mass is 32.1. The fourth-order valence-electron chi connectivity index (χ4n) is 2.35. The van der Waals surface area contributed by atoms with Gasteiger partial charge in [0.15, 0.2) is 0 Å². The van der Waals surface area contributed by atoms with E-state index in [4.69, 9.17) is 0 Å². The lowest BCUT2D eigenvalue weighted by atomic mass is 10.1. The molecule has 7 heteroatoms. The Bertz CT molecular complexity index is 553. The molecule has 0 spiro atoms. The molecule has 0 aromatic carbocycles. The molecule has 1 atom stereocenters. The lowest BCUT2D eigenvalue weighted by molar-refractivity contribution is 0.112. The number of H-pyrrole nitrogens is 1. The summed E-state index contributed by atoms with van der Waals surface area (Å²) in [5.41, 5.74) is 0.855. The highest BCUT2D eigenvalue weighted by molar-refractivity contribution is 7.08. The molecule has 2 amide bonds. The molecule has 1 fully saturated rings. The van der Waals surface area contributed by atoms with Gasteiger partial charge in [-0.25, -0.2) is 9.78 Å². The Morgan fingerprint density at radius 1 is 1.55 bits per heavy atom. The molecular weight excluding hydrogens is 274 g/mol. The third-order valence-electron chi connectivity index (χ3n) is 3.54. The summed E-state index contributed by atoms with van der Waals surface area (Å²) in [5.74, 6) is 0.903. The van der Waals surface area contributed by atoms with Crippen molar-refractivity contribution in [2.24, 2.45) is 0 Å². The Kier molecular flexibility index (Phi) is 3.70. The van der Waals surface area contributed by atoms with Crippen molar-refractivity contribution in [2.75, 3.05) is 32.0 Å². The molecule has 1 aliphatic rings. The summed E-state index contributed by atoms with van der Waals surface area (Å²) in [6.07, 6.45) is 3.56. The van der Waals surface area contributed by atoms with Crippen LogP contribution in [0.1, 0.15) is 11.9 Å². The van der Waals surface area contributed by atoms with Gasteiger partial charge >= 0.3 is 6.03 Å². The average molecular weight is 291 g/mol. The number of nitrogens with one attached hydrogen (secondary N) is 2. The first-order valence-electron chi connectivity index (χ1n) is 6.51. The van der Waals surface area contributed by atoms with E-state index in [0.29, 0.717) is 6.54 Å². The Labute approximate surface area is 121 Å². The number of nitrogens with zero attached hydrogens (tertiary/aromatic N) is 3. The number of carbonyl (C=O) groups excluding carboxylic acids is 1. The van der Waals surface area contributed by atoms with Gasteiger partial charge in [0.25, 0.3) is 0 Å². The molecule has 0 bridgehead atoms. The fourth-order valence-corrected chi connectivity index (χ4v) is 2.94. The molecule has 2 aromatic heterocycles. The number of amides is 2. The van der Waals surface area contributed by atoms with E-state index in [-0.39, 0.29) is 12.1 Å². The third-order valence-corrected chi connectivity index (χ3v) is 4.23. The van der Waals surface area contributed by atoms with Crippen molar-refractivity contribution < 1.29 is 4.79 Å². The number of aromatic amines is 1. The molecule has 3 rings (SSSR count). The van der Waals surface area contributed by atoms with Crippen LogP contribution >= 0.6 is 11.3 Å². The minimum absolute atomic E-state index is 0.0481. The largest absolute Gasteiger partial charge is 0.347 e. The van der Waals surface area contributed by atoms with Gasteiger partial charge in [0.2, 0.25) is 0 Å². The third kappa shape index (κ3) is 2.68. The van der Waals surface area contributed by atoms with Crippen molar-refractivity contribution in [3.63, 3.8) is 0 Å². The minimum Gasteiger partial charge on any atom is -0.347 e. The molecule has 0 aliphatic carbocycles. The lowest BCUT2D eigenvalue weighted by Gasteiger charge is -2.38. The molecule has 106 valence electrons. The Morgan fingerprint density at radius 2 is 2.45 bits per heavy atom. The van der Waals surface area contributed by atoms with Crippen LogP contribution in [0.25, 0.3) is 0 Å². The zero-order chi connectivity index (χ0) is 13.9. The number of rotatable bonds is 2. The number of thiophene rings is 1. The molecule has 0 radical (unpaired) electrons. The number of aromatic nitrogens is 2. The predicted molar refractivity (Wildman–Crippen MR) is 78.9 cm³/mol. The fraction of sp³-hybridized carbons (Fsp3) is 0.385.